The largest absolute Gasteiger partial charge is 0.343 e. The molecule has 2 amide bonds. The summed E-state index contributed by atoms with van der Waals surface area (Å²) in [6.07, 6.45) is 4.48. The van der Waals surface area contributed by atoms with E-state index in [1.54, 1.807) is 0 Å². The molecule has 2 heterocycles. The van der Waals surface area contributed by atoms with Crippen molar-refractivity contribution in [1.29, 1.82) is 0 Å². The first-order chi connectivity index (χ1) is 10.1. The summed E-state index contributed by atoms with van der Waals surface area (Å²) in [6, 6.07) is 0. The van der Waals surface area contributed by atoms with Gasteiger partial charge in [-0.15, -0.1) is 12.4 Å². The van der Waals surface area contributed by atoms with Gasteiger partial charge in [-0.2, -0.15) is 0 Å². The van der Waals surface area contributed by atoms with E-state index < -0.39 is 0 Å². The lowest BCUT2D eigenvalue weighted by Crippen LogP contribution is -2.46. The molecule has 2 aliphatic rings. The predicted molar refractivity (Wildman–Crippen MR) is 90.1 cm³/mol. The molecule has 0 aromatic heterocycles. The molecule has 0 radical (unpaired) electrons. The van der Waals surface area contributed by atoms with Gasteiger partial charge in [0, 0.05) is 45.1 Å². The first-order valence-corrected chi connectivity index (χ1v) is 8.33. The van der Waals surface area contributed by atoms with Gasteiger partial charge in [0.2, 0.25) is 11.8 Å². The van der Waals surface area contributed by atoms with Crippen LogP contribution in [0.4, 0.5) is 0 Å². The van der Waals surface area contributed by atoms with Crippen LogP contribution in [0.15, 0.2) is 0 Å². The van der Waals surface area contributed by atoms with Gasteiger partial charge in [-0.05, 0) is 38.6 Å². The molecule has 2 rings (SSSR count). The molecule has 0 bridgehead atoms. The van der Waals surface area contributed by atoms with E-state index in [1.807, 2.05) is 16.8 Å². The van der Waals surface area contributed by atoms with E-state index in [1.165, 1.54) is 0 Å². The minimum atomic E-state index is 0. The highest BCUT2D eigenvalue weighted by Gasteiger charge is 2.31. The van der Waals surface area contributed by atoms with Crippen LogP contribution in [0.3, 0.4) is 0 Å². The average molecular weight is 332 g/mol. The maximum atomic E-state index is 12.5. The molecular weight excluding hydrogens is 302 g/mol. The second-order valence-corrected chi connectivity index (χ2v) is 6.52. The number of hydrogen-bond donors (Lipinski definition) is 1. The number of carbonyl (C=O) groups is 2. The molecule has 0 aliphatic carbocycles. The number of piperidine rings is 2. The number of nitrogens with one attached hydrogen (secondary N) is 1. The van der Waals surface area contributed by atoms with Gasteiger partial charge in [0.05, 0.1) is 0 Å². The van der Waals surface area contributed by atoms with Crippen molar-refractivity contribution in [3.05, 3.63) is 0 Å². The molecule has 0 spiro atoms. The summed E-state index contributed by atoms with van der Waals surface area (Å²) in [7, 11) is 1.86. The molecule has 128 valence electrons. The fraction of sp³-hybridized carbons (Fsp3) is 0.875. The number of carbonyl (C=O) groups excluding carboxylic acids is 2. The molecule has 0 atom stereocenters. The summed E-state index contributed by atoms with van der Waals surface area (Å²) in [6.45, 7) is 6.30. The molecule has 0 unspecified atom stereocenters. The van der Waals surface area contributed by atoms with Crippen molar-refractivity contribution in [3.8, 4) is 0 Å². The number of amides is 2. The Morgan fingerprint density at radius 3 is 2.09 bits per heavy atom. The summed E-state index contributed by atoms with van der Waals surface area (Å²) >= 11 is 0. The van der Waals surface area contributed by atoms with Gasteiger partial charge < -0.3 is 15.1 Å². The highest BCUT2D eigenvalue weighted by Crippen LogP contribution is 2.23. The molecule has 6 heteroatoms. The zero-order valence-electron chi connectivity index (χ0n) is 13.8. The molecule has 0 aromatic carbocycles. The Labute approximate surface area is 140 Å². The van der Waals surface area contributed by atoms with Crippen LogP contribution in [0.5, 0.6) is 0 Å². The Morgan fingerprint density at radius 2 is 1.55 bits per heavy atom. The number of nitrogens with zero attached hydrogens (tertiary/aromatic N) is 2. The lowest BCUT2D eigenvalue weighted by atomic mass is 9.92. The Kier molecular flexibility index (Phi) is 8.18. The van der Waals surface area contributed by atoms with Crippen molar-refractivity contribution in [3.63, 3.8) is 0 Å². The number of halogens is 1. The third-order valence-corrected chi connectivity index (χ3v) is 4.88. The van der Waals surface area contributed by atoms with Crippen LogP contribution in [0.1, 0.15) is 39.0 Å². The van der Waals surface area contributed by atoms with Crippen LogP contribution in [0.2, 0.25) is 0 Å². The van der Waals surface area contributed by atoms with Gasteiger partial charge in [-0.25, -0.2) is 0 Å². The van der Waals surface area contributed by atoms with Crippen molar-refractivity contribution in [2.24, 2.45) is 11.8 Å². The minimum Gasteiger partial charge on any atom is -0.343 e. The predicted octanol–water partition coefficient (Wildman–Crippen LogP) is 1.51. The molecule has 2 fully saturated rings. The maximum absolute atomic E-state index is 12.5. The quantitative estimate of drug-likeness (QED) is 0.849. The first-order valence-electron chi connectivity index (χ1n) is 8.33. The normalized spacial score (nSPS) is 20.6. The van der Waals surface area contributed by atoms with Crippen LogP contribution in [-0.2, 0) is 9.59 Å². The molecule has 0 saturated carbocycles. The number of rotatable bonds is 4. The van der Waals surface area contributed by atoms with Crippen LogP contribution in [-0.4, -0.2) is 61.4 Å². The fourth-order valence-corrected chi connectivity index (χ4v) is 3.25. The molecule has 5 nitrogen and oxygen atoms in total. The summed E-state index contributed by atoms with van der Waals surface area (Å²) in [4.78, 5) is 28.4. The summed E-state index contributed by atoms with van der Waals surface area (Å²) in [5.41, 5.74) is 0. The Morgan fingerprint density at radius 1 is 1.00 bits per heavy atom. The second-order valence-electron chi connectivity index (χ2n) is 6.52. The lowest BCUT2D eigenvalue weighted by Gasteiger charge is -2.36. The standard InChI is InChI=1S/C16H29N3O2.ClH/c1-13-4-9-19(10-5-13)16(21)14-6-11-18(12-7-14)15(20)3-8-17-2;/h13-14,17H,3-12H2,1-2H3;1H. The topological polar surface area (TPSA) is 52.7 Å². The van der Waals surface area contributed by atoms with Crippen LogP contribution in [0, 0.1) is 11.8 Å². The highest BCUT2D eigenvalue weighted by atomic mass is 35.5. The average Bonchev–Trinajstić information content (AvgIpc) is 2.53. The van der Waals surface area contributed by atoms with E-state index in [0.29, 0.717) is 12.3 Å². The smallest absolute Gasteiger partial charge is 0.225 e. The van der Waals surface area contributed by atoms with Crippen molar-refractivity contribution >= 4 is 24.2 Å². The number of hydrogen-bond acceptors (Lipinski definition) is 3. The van der Waals surface area contributed by atoms with Crippen LogP contribution in [0.25, 0.3) is 0 Å². The monoisotopic (exact) mass is 331 g/mol. The molecule has 2 saturated heterocycles. The van der Waals surface area contributed by atoms with Crippen molar-refractivity contribution < 1.29 is 9.59 Å². The lowest BCUT2D eigenvalue weighted by molar-refractivity contribution is -0.141. The highest BCUT2D eigenvalue weighted by molar-refractivity contribution is 5.85. The van der Waals surface area contributed by atoms with Gasteiger partial charge in [-0.3, -0.25) is 9.59 Å². The van der Waals surface area contributed by atoms with E-state index in [2.05, 4.69) is 12.2 Å². The van der Waals surface area contributed by atoms with Crippen molar-refractivity contribution in [2.75, 3.05) is 39.8 Å². The van der Waals surface area contributed by atoms with E-state index >= 15 is 0 Å². The van der Waals surface area contributed by atoms with Gasteiger partial charge in [0.15, 0.2) is 0 Å². The SMILES string of the molecule is CNCCC(=O)N1CCC(C(=O)N2CCC(C)CC2)CC1.Cl. The van der Waals surface area contributed by atoms with E-state index in [9.17, 15) is 9.59 Å². The Balaban J connectivity index is 0.00000242. The van der Waals surface area contributed by atoms with E-state index in [-0.39, 0.29) is 24.2 Å². The molecule has 1 N–H and O–H groups in total. The zero-order chi connectivity index (χ0) is 15.2. The van der Waals surface area contributed by atoms with Gasteiger partial charge in [0.25, 0.3) is 0 Å². The zero-order valence-corrected chi connectivity index (χ0v) is 14.7. The van der Waals surface area contributed by atoms with E-state index in [0.717, 1.165) is 64.3 Å². The summed E-state index contributed by atoms with van der Waals surface area (Å²) in [5.74, 6) is 1.42. The second kappa shape index (κ2) is 9.36. The maximum Gasteiger partial charge on any atom is 0.225 e. The van der Waals surface area contributed by atoms with Crippen molar-refractivity contribution in [1.82, 2.24) is 15.1 Å². The van der Waals surface area contributed by atoms with Gasteiger partial charge in [-0.1, -0.05) is 6.92 Å². The third kappa shape index (κ3) is 5.13. The summed E-state index contributed by atoms with van der Waals surface area (Å²) < 4.78 is 0. The third-order valence-electron chi connectivity index (χ3n) is 4.88. The first kappa shape index (κ1) is 19.2. The molecular formula is C16H30ClN3O2. The molecule has 22 heavy (non-hydrogen) atoms. The molecule has 0 aromatic rings. The van der Waals surface area contributed by atoms with Crippen LogP contribution < -0.4 is 5.32 Å². The van der Waals surface area contributed by atoms with Crippen molar-refractivity contribution in [2.45, 2.75) is 39.0 Å². The Bertz CT molecular complexity index is 362. The fourth-order valence-electron chi connectivity index (χ4n) is 3.25. The van der Waals surface area contributed by atoms with Crippen LogP contribution >= 0.6 is 12.4 Å². The molecule has 2 aliphatic heterocycles. The number of likely N-dealkylation sites (tertiary alicyclic amines) is 2. The van der Waals surface area contributed by atoms with Gasteiger partial charge in [0.1, 0.15) is 0 Å². The summed E-state index contributed by atoms with van der Waals surface area (Å²) in [5, 5.41) is 3.00. The minimum absolute atomic E-state index is 0. The van der Waals surface area contributed by atoms with Gasteiger partial charge >= 0.3 is 0 Å². The Hall–Kier alpha value is -0.810. The van der Waals surface area contributed by atoms with E-state index in [4.69, 9.17) is 0 Å².